The molecular formula is C17H33NO5Si. The molecule has 0 radical (unpaired) electrons. The fraction of sp³-hybridized carbons (Fsp3) is 0.941. The van der Waals surface area contributed by atoms with Gasteiger partial charge in [0.2, 0.25) is 0 Å². The van der Waals surface area contributed by atoms with Crippen LogP contribution in [0.25, 0.3) is 0 Å². The highest BCUT2D eigenvalue weighted by Crippen LogP contribution is 2.47. The predicted octanol–water partition coefficient (Wildman–Crippen LogP) is 3.37. The van der Waals surface area contributed by atoms with E-state index in [1.54, 1.807) is 12.0 Å². The largest absolute Gasteiger partial charge is 0.444 e. The van der Waals surface area contributed by atoms with Gasteiger partial charge in [-0.05, 0) is 38.9 Å². The van der Waals surface area contributed by atoms with E-state index in [-0.39, 0.29) is 29.3 Å². The lowest BCUT2D eigenvalue weighted by Crippen LogP contribution is -2.47. The van der Waals surface area contributed by atoms with Crippen molar-refractivity contribution in [3.63, 3.8) is 0 Å². The van der Waals surface area contributed by atoms with Gasteiger partial charge in [-0.25, -0.2) is 4.79 Å². The average Bonchev–Trinajstić information content (AvgIpc) is 3.00. The molecule has 0 aromatic heterocycles. The van der Waals surface area contributed by atoms with Crippen LogP contribution >= 0.6 is 0 Å². The van der Waals surface area contributed by atoms with Crippen molar-refractivity contribution in [2.45, 2.75) is 89.8 Å². The summed E-state index contributed by atoms with van der Waals surface area (Å²) in [7, 11) is -0.354. The highest BCUT2D eigenvalue weighted by Gasteiger charge is 2.67. The van der Waals surface area contributed by atoms with Crippen LogP contribution in [0.1, 0.15) is 41.5 Å². The number of carbonyl (C=O) groups is 1. The Hall–Kier alpha value is -0.633. The minimum absolute atomic E-state index is 0.0189. The van der Waals surface area contributed by atoms with E-state index in [0.29, 0.717) is 6.61 Å². The molecule has 2 heterocycles. The number of carbonyl (C=O) groups excluding carboxylic acids is 1. The van der Waals surface area contributed by atoms with E-state index in [0.717, 1.165) is 0 Å². The quantitative estimate of drug-likeness (QED) is 0.569. The first-order valence-corrected chi connectivity index (χ1v) is 11.5. The van der Waals surface area contributed by atoms with Crippen LogP contribution < -0.4 is 0 Å². The molecule has 2 saturated heterocycles. The van der Waals surface area contributed by atoms with E-state index in [1.165, 1.54) is 0 Å². The van der Waals surface area contributed by atoms with Crippen molar-refractivity contribution in [1.82, 2.24) is 4.90 Å². The Balaban J connectivity index is 2.10. The number of morpholine rings is 1. The summed E-state index contributed by atoms with van der Waals surface area (Å²) in [6, 6.07) is -0.0938. The van der Waals surface area contributed by atoms with Gasteiger partial charge in [0.1, 0.15) is 17.7 Å². The number of methoxy groups -OCH3 is 1. The molecule has 2 rings (SSSR count). The van der Waals surface area contributed by atoms with E-state index >= 15 is 0 Å². The molecule has 0 unspecified atom stereocenters. The Morgan fingerprint density at radius 3 is 2.17 bits per heavy atom. The summed E-state index contributed by atoms with van der Waals surface area (Å²) in [6.45, 7) is 17.0. The first kappa shape index (κ1) is 19.7. The maximum absolute atomic E-state index is 12.5. The summed E-state index contributed by atoms with van der Waals surface area (Å²) in [5, 5.41) is 0.0802. The molecular weight excluding hydrogens is 326 g/mol. The van der Waals surface area contributed by atoms with Crippen LogP contribution in [0.15, 0.2) is 0 Å². The van der Waals surface area contributed by atoms with Crippen molar-refractivity contribution in [2.24, 2.45) is 0 Å². The normalized spacial score (nSPS) is 30.3. The molecule has 0 N–H and O–H groups in total. The molecule has 7 heteroatoms. The monoisotopic (exact) mass is 359 g/mol. The second-order valence-electron chi connectivity index (χ2n) is 9.25. The minimum atomic E-state index is -1.99. The Bertz CT molecular complexity index is 482. The summed E-state index contributed by atoms with van der Waals surface area (Å²) >= 11 is 0. The molecule has 0 aromatic rings. The molecule has 24 heavy (non-hydrogen) atoms. The van der Waals surface area contributed by atoms with Gasteiger partial charge in [0, 0.05) is 7.11 Å². The smallest absolute Gasteiger partial charge is 0.411 e. The van der Waals surface area contributed by atoms with E-state index in [9.17, 15) is 4.79 Å². The molecule has 0 aromatic carbocycles. The lowest BCUT2D eigenvalue weighted by molar-refractivity contribution is -0.126. The fourth-order valence-electron chi connectivity index (χ4n) is 2.72. The van der Waals surface area contributed by atoms with Crippen LogP contribution in [0.2, 0.25) is 18.1 Å². The Labute approximate surface area is 146 Å². The summed E-state index contributed by atoms with van der Waals surface area (Å²) in [4.78, 5) is 14.2. The van der Waals surface area contributed by atoms with E-state index in [1.807, 2.05) is 20.8 Å². The third kappa shape index (κ3) is 3.95. The zero-order valence-electron chi connectivity index (χ0n) is 16.5. The average molecular weight is 360 g/mol. The number of nitrogens with zero attached hydrogens (tertiary/aromatic N) is 1. The van der Waals surface area contributed by atoms with Crippen molar-refractivity contribution in [2.75, 3.05) is 13.7 Å². The number of hydrogen-bond acceptors (Lipinski definition) is 5. The molecule has 2 aliphatic rings. The standard InChI is InChI=1S/C17H33NO5Si/c1-16(2,3)22-15(19)18-12-11(10-20-7)21-14(13(12)18)23-24(8,9)17(4,5)6/h11-14H,10H2,1-9H3/t11-,12+,13+,14+,18?/m1/s1. The summed E-state index contributed by atoms with van der Waals surface area (Å²) in [5.74, 6) is 0. The van der Waals surface area contributed by atoms with Gasteiger partial charge in [-0.3, -0.25) is 4.90 Å². The van der Waals surface area contributed by atoms with Crippen molar-refractivity contribution >= 4 is 14.4 Å². The number of hydrogen-bond donors (Lipinski definition) is 0. The third-order valence-electron chi connectivity index (χ3n) is 5.02. The summed E-state index contributed by atoms with van der Waals surface area (Å²) in [6.07, 6.45) is -0.864. The maximum Gasteiger partial charge on any atom is 0.411 e. The lowest BCUT2D eigenvalue weighted by Gasteiger charge is -2.39. The van der Waals surface area contributed by atoms with Gasteiger partial charge >= 0.3 is 6.09 Å². The molecule has 2 fully saturated rings. The Morgan fingerprint density at radius 1 is 1.12 bits per heavy atom. The third-order valence-corrected chi connectivity index (χ3v) is 9.46. The van der Waals surface area contributed by atoms with Gasteiger partial charge in [-0.2, -0.15) is 0 Å². The predicted molar refractivity (Wildman–Crippen MR) is 94.5 cm³/mol. The molecule has 1 amide bonds. The van der Waals surface area contributed by atoms with Gasteiger partial charge < -0.3 is 18.6 Å². The van der Waals surface area contributed by atoms with Crippen LogP contribution in [-0.4, -0.2) is 63.1 Å². The van der Waals surface area contributed by atoms with Crippen molar-refractivity contribution < 1.29 is 23.4 Å². The van der Waals surface area contributed by atoms with Crippen molar-refractivity contribution in [3.8, 4) is 0 Å². The molecule has 0 aliphatic carbocycles. The number of fused-ring (bicyclic) bond motifs is 1. The fourth-order valence-corrected chi connectivity index (χ4v) is 3.85. The first-order chi connectivity index (χ1) is 10.8. The molecule has 140 valence electrons. The molecule has 0 saturated carbocycles. The Morgan fingerprint density at radius 2 is 1.71 bits per heavy atom. The topological polar surface area (TPSA) is 57.0 Å². The van der Waals surface area contributed by atoms with Crippen LogP contribution in [0.5, 0.6) is 0 Å². The van der Waals surface area contributed by atoms with Crippen LogP contribution in [-0.2, 0) is 18.6 Å². The second-order valence-corrected chi connectivity index (χ2v) is 14.0. The van der Waals surface area contributed by atoms with Gasteiger partial charge in [0.05, 0.1) is 12.6 Å². The molecule has 6 nitrogen and oxygen atoms in total. The molecule has 2 aliphatic heterocycles. The Kier molecular flexibility index (Phi) is 5.14. The van der Waals surface area contributed by atoms with Gasteiger partial charge in [-0.15, -0.1) is 0 Å². The van der Waals surface area contributed by atoms with Crippen molar-refractivity contribution in [3.05, 3.63) is 0 Å². The van der Waals surface area contributed by atoms with Gasteiger partial charge in [-0.1, -0.05) is 20.8 Å². The highest BCUT2D eigenvalue weighted by molar-refractivity contribution is 6.74. The SMILES string of the molecule is COC[C@H]1O[C@@H](O[Si](C)(C)C(C)(C)C)[C@@H]2[C@H]1N2C(=O)OC(C)(C)C. The molecule has 4 atom stereocenters. The highest BCUT2D eigenvalue weighted by atomic mass is 28.4. The zero-order chi connectivity index (χ0) is 18.5. The maximum atomic E-state index is 12.5. The zero-order valence-corrected chi connectivity index (χ0v) is 17.5. The van der Waals surface area contributed by atoms with Crippen LogP contribution in [0.4, 0.5) is 4.79 Å². The first-order valence-electron chi connectivity index (χ1n) is 8.62. The van der Waals surface area contributed by atoms with E-state index in [2.05, 4.69) is 33.9 Å². The van der Waals surface area contributed by atoms with Crippen LogP contribution in [0, 0.1) is 0 Å². The second kappa shape index (κ2) is 6.27. The summed E-state index contributed by atoms with van der Waals surface area (Å²) in [5.41, 5.74) is -0.513. The van der Waals surface area contributed by atoms with Crippen LogP contribution in [0.3, 0.4) is 0 Å². The number of rotatable bonds is 4. The molecule has 0 bridgehead atoms. The number of ether oxygens (including phenoxy) is 3. The van der Waals surface area contributed by atoms with Crippen molar-refractivity contribution in [1.29, 1.82) is 0 Å². The van der Waals surface area contributed by atoms with Gasteiger partial charge in [0.15, 0.2) is 14.6 Å². The van der Waals surface area contributed by atoms with E-state index < -0.39 is 20.2 Å². The van der Waals surface area contributed by atoms with E-state index in [4.69, 9.17) is 18.6 Å². The minimum Gasteiger partial charge on any atom is -0.444 e. The van der Waals surface area contributed by atoms with Gasteiger partial charge in [0.25, 0.3) is 0 Å². The number of amides is 1. The molecule has 0 spiro atoms. The summed E-state index contributed by atoms with van der Waals surface area (Å²) < 4.78 is 23.2. The lowest BCUT2D eigenvalue weighted by atomic mass is 10.2.